The van der Waals surface area contributed by atoms with E-state index in [1.165, 1.54) is 16.7 Å². The number of hydrogen-bond donors (Lipinski definition) is 0. The zero-order chi connectivity index (χ0) is 21.2. The fraction of sp³-hybridized carbons (Fsp3) is 0.296. The molecule has 0 saturated carbocycles. The smallest absolute Gasteiger partial charge is 0.323 e. The van der Waals surface area contributed by atoms with Crippen LogP contribution in [0.15, 0.2) is 91.0 Å². The molecule has 0 bridgehead atoms. The summed E-state index contributed by atoms with van der Waals surface area (Å²) in [5, 5.41) is 0. The van der Waals surface area contributed by atoms with Gasteiger partial charge in [0.05, 0.1) is 6.04 Å². The summed E-state index contributed by atoms with van der Waals surface area (Å²) in [5.41, 5.74) is 3.77. The molecule has 2 aliphatic heterocycles. The van der Waals surface area contributed by atoms with Gasteiger partial charge in [0.2, 0.25) is 0 Å². The Balaban J connectivity index is 1.63. The normalized spacial score (nSPS) is 26.3. The number of alkyl halides is 1. The summed E-state index contributed by atoms with van der Waals surface area (Å²) in [6.45, 7) is 0.402. The lowest BCUT2D eigenvalue weighted by atomic mass is 9.77. The summed E-state index contributed by atoms with van der Waals surface area (Å²) in [6, 6.07) is 31.9. The summed E-state index contributed by atoms with van der Waals surface area (Å²) in [7, 11) is 0. The first-order chi connectivity index (χ1) is 15.2. The van der Waals surface area contributed by atoms with Gasteiger partial charge in [-0.3, -0.25) is 9.69 Å². The zero-order valence-electron chi connectivity index (χ0n) is 17.3. The van der Waals surface area contributed by atoms with Gasteiger partial charge in [0, 0.05) is 16.8 Å². The SMILES string of the molecule is O=C1OC[C@H](c2ccccc2)N2[C@H]1C[C@H](Br)C[C@H]2C(c1ccccc1)c1ccccc1. The zero-order valence-corrected chi connectivity index (χ0v) is 18.9. The number of benzene rings is 3. The third-order valence-electron chi connectivity index (χ3n) is 6.62. The average Bonchev–Trinajstić information content (AvgIpc) is 2.82. The first kappa shape index (κ1) is 20.5. The van der Waals surface area contributed by atoms with Gasteiger partial charge in [-0.2, -0.15) is 0 Å². The molecule has 4 heteroatoms. The van der Waals surface area contributed by atoms with Crippen molar-refractivity contribution >= 4 is 21.9 Å². The van der Waals surface area contributed by atoms with E-state index < -0.39 is 0 Å². The molecule has 0 spiro atoms. The van der Waals surface area contributed by atoms with Gasteiger partial charge in [0.25, 0.3) is 0 Å². The van der Waals surface area contributed by atoms with Crippen molar-refractivity contribution in [1.82, 2.24) is 4.90 Å². The fourth-order valence-electron chi connectivity index (χ4n) is 5.29. The number of hydrogen-bond acceptors (Lipinski definition) is 3. The second-order valence-electron chi connectivity index (χ2n) is 8.45. The van der Waals surface area contributed by atoms with Gasteiger partial charge in [-0.25, -0.2) is 0 Å². The molecular formula is C27H26BrNO2. The quantitative estimate of drug-likeness (QED) is 0.357. The molecule has 31 heavy (non-hydrogen) atoms. The molecule has 3 nitrogen and oxygen atoms in total. The van der Waals surface area contributed by atoms with E-state index in [-0.39, 0.29) is 34.8 Å². The third kappa shape index (κ3) is 4.07. The number of morpholine rings is 1. The largest absolute Gasteiger partial charge is 0.462 e. The molecule has 0 aromatic heterocycles. The molecule has 3 aromatic rings. The standard InChI is InChI=1S/C27H26BrNO2/c28-22-16-23(26(20-12-6-2-7-13-20)21-14-8-3-9-15-21)29-24(17-22)27(30)31-18-25(29)19-10-4-1-5-11-19/h1-15,22-26H,16-18H2/t22-,23+,24+,25-/m1/s1. The van der Waals surface area contributed by atoms with Gasteiger partial charge >= 0.3 is 5.97 Å². The number of fused-ring (bicyclic) bond motifs is 1. The van der Waals surface area contributed by atoms with Crippen LogP contribution in [0.2, 0.25) is 0 Å². The predicted octanol–water partition coefficient (Wildman–Crippen LogP) is 5.71. The molecule has 0 aliphatic carbocycles. The average molecular weight is 476 g/mol. The Hall–Kier alpha value is -2.43. The lowest BCUT2D eigenvalue weighted by Crippen LogP contribution is -2.60. The van der Waals surface area contributed by atoms with Gasteiger partial charge < -0.3 is 4.74 Å². The highest BCUT2D eigenvalue weighted by Gasteiger charge is 2.49. The highest BCUT2D eigenvalue weighted by atomic mass is 79.9. The van der Waals surface area contributed by atoms with E-state index in [1.54, 1.807) is 0 Å². The molecule has 5 rings (SSSR count). The number of carbonyl (C=O) groups excluding carboxylic acids is 1. The van der Waals surface area contributed by atoms with Crippen molar-refractivity contribution < 1.29 is 9.53 Å². The topological polar surface area (TPSA) is 29.5 Å². The summed E-state index contributed by atoms with van der Waals surface area (Å²) >= 11 is 3.87. The Morgan fingerprint density at radius 2 is 1.32 bits per heavy atom. The van der Waals surface area contributed by atoms with Crippen LogP contribution in [0.5, 0.6) is 0 Å². The second kappa shape index (κ2) is 8.97. The number of esters is 1. The molecule has 2 saturated heterocycles. The number of piperidine rings is 1. The fourth-order valence-corrected chi connectivity index (χ4v) is 6.03. The molecule has 2 aliphatic rings. The Labute approximate surface area is 192 Å². The molecule has 2 fully saturated rings. The van der Waals surface area contributed by atoms with E-state index in [0.717, 1.165) is 12.8 Å². The van der Waals surface area contributed by atoms with Gasteiger partial charge in [-0.05, 0) is 29.5 Å². The maximum atomic E-state index is 12.9. The van der Waals surface area contributed by atoms with Crippen molar-refractivity contribution in [2.24, 2.45) is 0 Å². The van der Waals surface area contributed by atoms with Crippen LogP contribution in [-0.4, -0.2) is 34.4 Å². The molecule has 158 valence electrons. The highest BCUT2D eigenvalue weighted by molar-refractivity contribution is 9.09. The lowest BCUT2D eigenvalue weighted by Gasteiger charge is -2.52. The molecule has 0 N–H and O–H groups in total. The minimum absolute atomic E-state index is 0.0591. The van der Waals surface area contributed by atoms with E-state index >= 15 is 0 Å². The van der Waals surface area contributed by atoms with Crippen LogP contribution in [0.3, 0.4) is 0 Å². The monoisotopic (exact) mass is 475 g/mol. The van der Waals surface area contributed by atoms with Crippen LogP contribution in [0.25, 0.3) is 0 Å². The number of rotatable bonds is 4. The summed E-state index contributed by atoms with van der Waals surface area (Å²) in [5.74, 6) is 0.0727. The van der Waals surface area contributed by atoms with Crippen LogP contribution in [0.1, 0.15) is 41.5 Å². The molecule has 2 heterocycles. The minimum atomic E-state index is -0.239. The van der Waals surface area contributed by atoms with Gasteiger partial charge in [-0.1, -0.05) is 107 Å². The molecule has 0 amide bonds. The van der Waals surface area contributed by atoms with Crippen molar-refractivity contribution in [3.63, 3.8) is 0 Å². The van der Waals surface area contributed by atoms with E-state index in [9.17, 15) is 4.79 Å². The van der Waals surface area contributed by atoms with Crippen LogP contribution in [-0.2, 0) is 9.53 Å². The molecule has 3 aromatic carbocycles. The Bertz CT molecular complexity index is 972. The minimum Gasteiger partial charge on any atom is -0.462 e. The molecular weight excluding hydrogens is 450 g/mol. The van der Waals surface area contributed by atoms with Crippen LogP contribution >= 0.6 is 15.9 Å². The second-order valence-corrected chi connectivity index (χ2v) is 9.75. The molecule has 4 atom stereocenters. The van der Waals surface area contributed by atoms with Crippen LogP contribution in [0.4, 0.5) is 0 Å². The maximum Gasteiger partial charge on any atom is 0.323 e. The number of nitrogens with zero attached hydrogens (tertiary/aromatic N) is 1. The van der Waals surface area contributed by atoms with Crippen LogP contribution in [0, 0.1) is 0 Å². The Morgan fingerprint density at radius 3 is 1.90 bits per heavy atom. The van der Waals surface area contributed by atoms with E-state index in [2.05, 4.69) is 106 Å². The predicted molar refractivity (Wildman–Crippen MR) is 126 cm³/mol. The van der Waals surface area contributed by atoms with Gasteiger partial charge in [0.1, 0.15) is 12.6 Å². The van der Waals surface area contributed by atoms with Gasteiger partial charge in [-0.15, -0.1) is 0 Å². The van der Waals surface area contributed by atoms with Crippen LogP contribution < -0.4 is 0 Å². The number of carbonyl (C=O) groups is 1. The first-order valence-electron chi connectivity index (χ1n) is 11.0. The van der Waals surface area contributed by atoms with Crippen molar-refractivity contribution in [2.45, 2.75) is 41.7 Å². The van der Waals surface area contributed by atoms with E-state index in [1.807, 2.05) is 6.07 Å². The number of cyclic esters (lactones) is 1. The van der Waals surface area contributed by atoms with Crippen molar-refractivity contribution in [2.75, 3.05) is 6.61 Å². The van der Waals surface area contributed by atoms with Gasteiger partial charge in [0.15, 0.2) is 0 Å². The third-order valence-corrected chi connectivity index (χ3v) is 7.37. The maximum absolute atomic E-state index is 12.9. The molecule has 0 radical (unpaired) electrons. The summed E-state index contributed by atoms with van der Waals surface area (Å²) in [4.78, 5) is 15.6. The van der Waals surface area contributed by atoms with Crippen molar-refractivity contribution in [3.05, 3.63) is 108 Å². The number of halogens is 1. The Kier molecular flexibility index (Phi) is 5.93. The highest BCUT2D eigenvalue weighted by Crippen LogP contribution is 2.45. The molecule has 0 unspecified atom stereocenters. The summed E-state index contributed by atoms with van der Waals surface area (Å²) < 4.78 is 5.70. The van der Waals surface area contributed by atoms with E-state index in [4.69, 9.17) is 4.74 Å². The van der Waals surface area contributed by atoms with E-state index in [0.29, 0.717) is 6.61 Å². The number of ether oxygens (including phenoxy) is 1. The Morgan fingerprint density at radius 1 is 0.774 bits per heavy atom. The van der Waals surface area contributed by atoms with Crippen molar-refractivity contribution in [1.29, 1.82) is 0 Å². The van der Waals surface area contributed by atoms with Crippen molar-refractivity contribution in [3.8, 4) is 0 Å². The lowest BCUT2D eigenvalue weighted by molar-refractivity contribution is -0.169. The first-order valence-corrected chi connectivity index (χ1v) is 11.9. The summed E-state index contributed by atoms with van der Waals surface area (Å²) in [6.07, 6.45) is 1.75.